The molecule has 5 rings (SSSR count). The first-order valence-corrected chi connectivity index (χ1v) is 10.9. The van der Waals surface area contributed by atoms with Gasteiger partial charge < -0.3 is 4.90 Å². The fourth-order valence-corrected chi connectivity index (χ4v) is 5.10. The Bertz CT molecular complexity index is 1410. The molecule has 0 fully saturated rings. The lowest BCUT2D eigenvalue weighted by Gasteiger charge is -2.16. The van der Waals surface area contributed by atoms with E-state index in [4.69, 9.17) is 0 Å². The van der Waals surface area contributed by atoms with Crippen LogP contribution in [0.2, 0.25) is 0 Å². The molecule has 1 aliphatic rings. The molecular formula is C23H18N2O3S. The van der Waals surface area contributed by atoms with Crippen LogP contribution in [0, 0.1) is 0 Å². The highest BCUT2D eigenvalue weighted by Gasteiger charge is 2.29. The molecule has 0 radical (unpaired) electrons. The molecule has 29 heavy (non-hydrogen) atoms. The van der Waals surface area contributed by atoms with Crippen LogP contribution in [0.5, 0.6) is 0 Å². The number of amides is 1. The van der Waals surface area contributed by atoms with E-state index in [2.05, 4.69) is 4.72 Å². The molecular weight excluding hydrogens is 384 g/mol. The topological polar surface area (TPSA) is 66.5 Å². The Kier molecular flexibility index (Phi) is 3.86. The minimum absolute atomic E-state index is 0.0531. The second-order valence-corrected chi connectivity index (χ2v) is 8.71. The van der Waals surface area contributed by atoms with E-state index in [9.17, 15) is 13.2 Å². The molecule has 4 aromatic carbocycles. The summed E-state index contributed by atoms with van der Waals surface area (Å²) in [5, 5.41) is 3.35. The molecule has 0 saturated heterocycles. The molecule has 0 atom stereocenters. The lowest BCUT2D eigenvalue weighted by molar-refractivity contribution is 0.0994. The molecule has 0 aliphatic carbocycles. The van der Waals surface area contributed by atoms with Crippen LogP contribution in [0.3, 0.4) is 0 Å². The Morgan fingerprint density at radius 3 is 2.48 bits per heavy atom. The summed E-state index contributed by atoms with van der Waals surface area (Å²) >= 11 is 0. The number of benzene rings is 4. The zero-order valence-corrected chi connectivity index (χ0v) is 16.5. The van der Waals surface area contributed by atoms with Crippen molar-refractivity contribution in [3.05, 3.63) is 78.4 Å². The van der Waals surface area contributed by atoms with Gasteiger partial charge in [-0.25, -0.2) is 8.42 Å². The van der Waals surface area contributed by atoms with Gasteiger partial charge in [0.25, 0.3) is 15.9 Å². The Labute approximate surface area is 168 Å². The highest BCUT2D eigenvalue weighted by atomic mass is 32.2. The van der Waals surface area contributed by atoms with Gasteiger partial charge in [-0.1, -0.05) is 42.5 Å². The van der Waals surface area contributed by atoms with E-state index in [-0.39, 0.29) is 10.8 Å². The summed E-state index contributed by atoms with van der Waals surface area (Å²) < 4.78 is 28.9. The zero-order chi connectivity index (χ0) is 20.2. The number of nitrogens with zero attached hydrogens (tertiary/aromatic N) is 1. The smallest absolute Gasteiger partial charge is 0.261 e. The molecule has 0 bridgehead atoms. The predicted molar refractivity (Wildman–Crippen MR) is 116 cm³/mol. The molecule has 0 aromatic heterocycles. The normalized spacial score (nSPS) is 13.4. The van der Waals surface area contributed by atoms with E-state index < -0.39 is 10.0 Å². The largest absolute Gasteiger partial charge is 0.308 e. The third-order valence-electron chi connectivity index (χ3n) is 5.38. The molecule has 6 heteroatoms. The second-order valence-electron chi connectivity index (χ2n) is 7.02. The maximum atomic E-state index is 13.1. The summed E-state index contributed by atoms with van der Waals surface area (Å²) in [6, 6.07) is 21.6. The maximum Gasteiger partial charge on any atom is 0.261 e. The second kappa shape index (κ2) is 6.32. The van der Waals surface area contributed by atoms with E-state index in [1.165, 1.54) is 0 Å². The van der Waals surface area contributed by atoms with E-state index >= 15 is 0 Å². The lowest BCUT2D eigenvalue weighted by Crippen LogP contribution is -2.25. The van der Waals surface area contributed by atoms with Gasteiger partial charge in [-0.2, -0.15) is 0 Å². The number of hydrogen-bond acceptors (Lipinski definition) is 3. The van der Waals surface area contributed by atoms with E-state index in [0.717, 1.165) is 21.8 Å². The Morgan fingerprint density at radius 2 is 1.69 bits per heavy atom. The molecule has 1 aliphatic heterocycles. The quantitative estimate of drug-likeness (QED) is 0.534. The first-order valence-electron chi connectivity index (χ1n) is 9.39. The summed E-state index contributed by atoms with van der Waals surface area (Å²) in [5.74, 6) is -0.0531. The minimum atomic E-state index is -3.78. The Hall–Kier alpha value is -3.38. The third kappa shape index (κ3) is 2.68. The molecule has 1 heterocycles. The van der Waals surface area contributed by atoms with Crippen molar-refractivity contribution < 1.29 is 13.2 Å². The monoisotopic (exact) mass is 402 g/mol. The molecule has 1 N–H and O–H groups in total. The number of fused-ring (bicyclic) bond motifs is 1. The van der Waals surface area contributed by atoms with Crippen molar-refractivity contribution in [2.24, 2.45) is 0 Å². The van der Waals surface area contributed by atoms with Crippen molar-refractivity contribution in [1.29, 1.82) is 0 Å². The molecule has 1 amide bonds. The number of anilines is 2. The summed E-state index contributed by atoms with van der Waals surface area (Å²) in [4.78, 5) is 14.5. The predicted octanol–water partition coefficient (Wildman–Crippen LogP) is 4.77. The van der Waals surface area contributed by atoms with E-state index in [1.54, 1.807) is 47.4 Å². The average molecular weight is 402 g/mol. The van der Waals surface area contributed by atoms with Crippen LogP contribution >= 0.6 is 0 Å². The molecule has 4 aromatic rings. The first kappa shape index (κ1) is 17.7. The van der Waals surface area contributed by atoms with Crippen LogP contribution in [-0.4, -0.2) is 20.9 Å². The van der Waals surface area contributed by atoms with Gasteiger partial charge in [0.1, 0.15) is 0 Å². The van der Waals surface area contributed by atoms with Crippen LogP contribution in [0.25, 0.3) is 21.5 Å². The van der Waals surface area contributed by atoms with Crippen LogP contribution in [0.1, 0.15) is 17.3 Å². The lowest BCUT2D eigenvalue weighted by atomic mass is 10.0. The summed E-state index contributed by atoms with van der Waals surface area (Å²) in [6.45, 7) is 2.48. The van der Waals surface area contributed by atoms with Gasteiger partial charge in [-0.15, -0.1) is 0 Å². The molecule has 0 saturated carbocycles. The van der Waals surface area contributed by atoms with Crippen molar-refractivity contribution in [2.75, 3.05) is 16.2 Å². The average Bonchev–Trinajstić information content (AvgIpc) is 3.02. The van der Waals surface area contributed by atoms with Crippen molar-refractivity contribution in [3.8, 4) is 0 Å². The first-order chi connectivity index (χ1) is 14.0. The minimum Gasteiger partial charge on any atom is -0.308 e. The zero-order valence-electron chi connectivity index (χ0n) is 15.7. The van der Waals surface area contributed by atoms with Crippen molar-refractivity contribution in [3.63, 3.8) is 0 Å². The fourth-order valence-electron chi connectivity index (χ4n) is 3.99. The number of hydrogen-bond donors (Lipinski definition) is 1. The van der Waals surface area contributed by atoms with Crippen molar-refractivity contribution >= 4 is 48.9 Å². The standard InChI is InChI=1S/C23H18N2O3S/c1-2-25-21-13-12-20(18-8-5-9-19(22(18)21)23(25)26)24-29(27,28)17-11-10-15-6-3-4-7-16(15)14-17/h3-14,24H,2H2,1H3. The van der Waals surface area contributed by atoms with Gasteiger partial charge in [-0.3, -0.25) is 9.52 Å². The summed E-state index contributed by atoms with van der Waals surface area (Å²) in [6.07, 6.45) is 0. The summed E-state index contributed by atoms with van der Waals surface area (Å²) in [5.41, 5.74) is 1.88. The SMILES string of the molecule is CCN1C(=O)c2cccc3c(NS(=O)(=O)c4ccc5ccccc5c4)ccc1c23. The number of rotatable bonds is 4. The van der Waals surface area contributed by atoms with Gasteiger partial charge in [0.05, 0.1) is 16.3 Å². The highest BCUT2D eigenvalue weighted by Crippen LogP contribution is 2.41. The van der Waals surface area contributed by atoms with E-state index in [0.29, 0.717) is 23.2 Å². The van der Waals surface area contributed by atoms with Crippen LogP contribution < -0.4 is 9.62 Å². The van der Waals surface area contributed by atoms with Crippen LogP contribution in [-0.2, 0) is 10.0 Å². The Balaban J connectivity index is 1.62. The van der Waals surface area contributed by atoms with Gasteiger partial charge >= 0.3 is 0 Å². The number of nitrogens with one attached hydrogen (secondary N) is 1. The van der Waals surface area contributed by atoms with Gasteiger partial charge in [-0.05, 0) is 48.0 Å². The summed E-state index contributed by atoms with van der Waals surface area (Å²) in [7, 11) is -3.78. The molecule has 0 unspecified atom stereocenters. The van der Waals surface area contributed by atoms with E-state index in [1.807, 2.05) is 37.3 Å². The van der Waals surface area contributed by atoms with Crippen molar-refractivity contribution in [2.45, 2.75) is 11.8 Å². The number of sulfonamides is 1. The molecule has 144 valence electrons. The van der Waals surface area contributed by atoms with Gasteiger partial charge in [0, 0.05) is 22.9 Å². The third-order valence-corrected chi connectivity index (χ3v) is 6.74. The van der Waals surface area contributed by atoms with Crippen LogP contribution in [0.4, 0.5) is 11.4 Å². The molecule has 5 nitrogen and oxygen atoms in total. The maximum absolute atomic E-state index is 13.1. The highest BCUT2D eigenvalue weighted by molar-refractivity contribution is 7.92. The molecule has 0 spiro atoms. The number of carbonyl (C=O) groups excluding carboxylic acids is 1. The Morgan fingerprint density at radius 1 is 0.897 bits per heavy atom. The number of carbonyl (C=O) groups is 1. The van der Waals surface area contributed by atoms with Gasteiger partial charge in [0.15, 0.2) is 0 Å². The fraction of sp³-hybridized carbons (Fsp3) is 0.0870. The van der Waals surface area contributed by atoms with Crippen LogP contribution in [0.15, 0.2) is 77.7 Å². The van der Waals surface area contributed by atoms with Crippen molar-refractivity contribution in [1.82, 2.24) is 0 Å². The van der Waals surface area contributed by atoms with Gasteiger partial charge in [0.2, 0.25) is 0 Å².